The molecule has 1 aromatic carbocycles. The highest BCUT2D eigenvalue weighted by atomic mass is 19.4. The lowest BCUT2D eigenvalue weighted by molar-refractivity contribution is -0.159. The zero-order valence-electron chi connectivity index (χ0n) is 12.3. The maximum Gasteiger partial charge on any atom is 0.471 e. The molecule has 1 amide bonds. The van der Waals surface area contributed by atoms with Crippen LogP contribution in [0.4, 0.5) is 18.9 Å². The molecule has 1 aromatic heterocycles. The van der Waals surface area contributed by atoms with Gasteiger partial charge < -0.3 is 19.9 Å². The van der Waals surface area contributed by atoms with Crippen LogP contribution in [0.2, 0.25) is 0 Å². The maximum absolute atomic E-state index is 12.6. The number of morpholine rings is 1. The Labute approximate surface area is 134 Å². The van der Waals surface area contributed by atoms with E-state index in [9.17, 15) is 18.0 Å². The molecule has 1 fully saturated rings. The summed E-state index contributed by atoms with van der Waals surface area (Å²) in [4.78, 5) is 16.8. The van der Waals surface area contributed by atoms with Gasteiger partial charge in [0, 0.05) is 18.7 Å². The van der Waals surface area contributed by atoms with Gasteiger partial charge in [0.25, 0.3) is 5.91 Å². The van der Waals surface area contributed by atoms with Crippen molar-refractivity contribution in [2.45, 2.75) is 6.18 Å². The van der Waals surface area contributed by atoms with Crippen molar-refractivity contribution in [2.75, 3.05) is 31.2 Å². The third kappa shape index (κ3) is 3.18. The molecule has 3 rings (SSSR count). The monoisotopic (exact) mass is 342 g/mol. The predicted molar refractivity (Wildman–Crippen MR) is 76.3 cm³/mol. The van der Waals surface area contributed by atoms with Crippen LogP contribution in [0.25, 0.3) is 11.4 Å². The first-order valence-corrected chi connectivity index (χ1v) is 7.04. The quantitative estimate of drug-likeness (QED) is 0.912. The summed E-state index contributed by atoms with van der Waals surface area (Å²) in [5, 5.41) is 3.35. The smallest absolute Gasteiger partial charge is 0.378 e. The number of benzene rings is 1. The lowest BCUT2D eigenvalue weighted by Crippen LogP contribution is -2.37. The second-order valence-electron chi connectivity index (χ2n) is 5.12. The third-order valence-electron chi connectivity index (χ3n) is 3.54. The Morgan fingerprint density at radius 2 is 1.96 bits per heavy atom. The average molecular weight is 342 g/mol. The Morgan fingerprint density at radius 3 is 2.54 bits per heavy atom. The van der Waals surface area contributed by atoms with Crippen LogP contribution in [0.3, 0.4) is 0 Å². The number of halogens is 3. The van der Waals surface area contributed by atoms with Crippen molar-refractivity contribution in [2.24, 2.45) is 5.73 Å². The molecule has 0 unspecified atom stereocenters. The van der Waals surface area contributed by atoms with Crippen LogP contribution >= 0.6 is 0 Å². The van der Waals surface area contributed by atoms with Crippen LogP contribution in [0.5, 0.6) is 0 Å². The second kappa shape index (κ2) is 6.11. The molecule has 0 atom stereocenters. The molecule has 0 radical (unpaired) electrons. The Balaban J connectivity index is 2.00. The SMILES string of the molecule is NC(=O)c1ccc(-c2noc(C(F)(F)F)n2)cc1N1CCOCC1. The predicted octanol–water partition coefficient (Wildman–Crippen LogP) is 1.69. The largest absolute Gasteiger partial charge is 0.471 e. The van der Waals surface area contributed by atoms with E-state index in [2.05, 4.69) is 14.7 Å². The number of rotatable bonds is 3. The van der Waals surface area contributed by atoms with Gasteiger partial charge >= 0.3 is 12.1 Å². The molecule has 0 spiro atoms. The Hall–Kier alpha value is -2.62. The summed E-state index contributed by atoms with van der Waals surface area (Å²) >= 11 is 0. The minimum Gasteiger partial charge on any atom is -0.378 e. The fourth-order valence-corrected chi connectivity index (χ4v) is 2.40. The Bertz CT molecular complexity index is 754. The number of carbonyl (C=O) groups excluding carboxylic acids is 1. The van der Waals surface area contributed by atoms with Gasteiger partial charge in [-0.15, -0.1) is 0 Å². The number of anilines is 1. The third-order valence-corrected chi connectivity index (χ3v) is 3.54. The van der Waals surface area contributed by atoms with Crippen LogP contribution in [0.1, 0.15) is 16.2 Å². The maximum atomic E-state index is 12.6. The van der Waals surface area contributed by atoms with Gasteiger partial charge in [-0.25, -0.2) is 0 Å². The van der Waals surface area contributed by atoms with Crippen LogP contribution in [-0.4, -0.2) is 42.4 Å². The van der Waals surface area contributed by atoms with E-state index in [1.165, 1.54) is 18.2 Å². The topological polar surface area (TPSA) is 94.5 Å². The van der Waals surface area contributed by atoms with Gasteiger partial charge in [0.2, 0.25) is 5.82 Å². The molecule has 0 saturated carbocycles. The zero-order valence-corrected chi connectivity index (χ0v) is 12.3. The number of aromatic nitrogens is 2. The van der Waals surface area contributed by atoms with E-state index < -0.39 is 18.0 Å². The molecule has 1 aliphatic rings. The van der Waals surface area contributed by atoms with E-state index in [1.54, 1.807) is 0 Å². The van der Waals surface area contributed by atoms with Crippen LogP contribution in [0.15, 0.2) is 22.7 Å². The van der Waals surface area contributed by atoms with E-state index in [0.29, 0.717) is 37.6 Å². The molecular weight excluding hydrogens is 329 g/mol. The van der Waals surface area contributed by atoms with Crippen molar-refractivity contribution in [1.82, 2.24) is 10.1 Å². The van der Waals surface area contributed by atoms with Gasteiger partial charge in [0.05, 0.1) is 24.5 Å². The highest BCUT2D eigenvalue weighted by Gasteiger charge is 2.38. The van der Waals surface area contributed by atoms with Crippen LogP contribution in [-0.2, 0) is 10.9 Å². The molecule has 0 aliphatic carbocycles. The number of alkyl halides is 3. The summed E-state index contributed by atoms with van der Waals surface area (Å²) in [6.45, 7) is 2.01. The number of amides is 1. The second-order valence-corrected chi connectivity index (χ2v) is 5.12. The summed E-state index contributed by atoms with van der Waals surface area (Å²) in [6.07, 6.45) is -4.72. The zero-order chi connectivity index (χ0) is 17.3. The van der Waals surface area contributed by atoms with Gasteiger partial charge in [-0.3, -0.25) is 4.79 Å². The standard InChI is InChI=1S/C14H13F3N4O3/c15-14(16,17)13-19-12(20-24-13)8-1-2-9(11(18)22)10(7-8)21-3-5-23-6-4-21/h1-2,7H,3-6H2,(H2,18,22). The molecule has 1 aliphatic heterocycles. The van der Waals surface area contributed by atoms with E-state index in [4.69, 9.17) is 10.5 Å². The van der Waals surface area contributed by atoms with Crippen molar-refractivity contribution in [3.05, 3.63) is 29.7 Å². The van der Waals surface area contributed by atoms with Crippen molar-refractivity contribution in [3.63, 3.8) is 0 Å². The van der Waals surface area contributed by atoms with E-state index in [0.717, 1.165) is 0 Å². The highest BCUT2D eigenvalue weighted by molar-refractivity contribution is 5.99. The first kappa shape index (κ1) is 16.2. The number of hydrogen-bond donors (Lipinski definition) is 1. The van der Waals surface area contributed by atoms with Crippen molar-refractivity contribution >= 4 is 11.6 Å². The molecule has 2 heterocycles. The minimum absolute atomic E-state index is 0.215. The number of nitrogens with zero attached hydrogens (tertiary/aromatic N) is 3. The molecule has 1 saturated heterocycles. The first-order chi connectivity index (χ1) is 11.4. The van der Waals surface area contributed by atoms with E-state index in [1.807, 2.05) is 4.90 Å². The first-order valence-electron chi connectivity index (χ1n) is 7.04. The Kier molecular flexibility index (Phi) is 4.14. The van der Waals surface area contributed by atoms with Gasteiger partial charge in [0.15, 0.2) is 0 Å². The molecular formula is C14H13F3N4O3. The van der Waals surface area contributed by atoms with Crippen molar-refractivity contribution in [3.8, 4) is 11.4 Å². The fraction of sp³-hybridized carbons (Fsp3) is 0.357. The molecule has 24 heavy (non-hydrogen) atoms. The number of carbonyl (C=O) groups is 1. The average Bonchev–Trinajstić information content (AvgIpc) is 3.05. The summed E-state index contributed by atoms with van der Waals surface area (Å²) in [5.74, 6) is -2.27. The normalized spacial score (nSPS) is 15.5. The lowest BCUT2D eigenvalue weighted by atomic mass is 10.1. The number of ether oxygens (including phenoxy) is 1. The summed E-state index contributed by atoms with van der Waals surface area (Å²) in [5.41, 5.74) is 6.43. The number of hydrogen-bond acceptors (Lipinski definition) is 6. The van der Waals surface area contributed by atoms with Gasteiger partial charge in [-0.2, -0.15) is 18.2 Å². The molecule has 2 N–H and O–H groups in total. The summed E-state index contributed by atoms with van der Waals surface area (Å²) in [7, 11) is 0. The lowest BCUT2D eigenvalue weighted by Gasteiger charge is -2.30. The van der Waals surface area contributed by atoms with Crippen LogP contribution in [0, 0.1) is 0 Å². The number of primary amides is 1. The number of nitrogens with two attached hydrogens (primary N) is 1. The molecule has 10 heteroatoms. The van der Waals surface area contributed by atoms with E-state index >= 15 is 0 Å². The van der Waals surface area contributed by atoms with Gasteiger partial charge in [-0.05, 0) is 12.1 Å². The molecule has 7 nitrogen and oxygen atoms in total. The fourth-order valence-electron chi connectivity index (χ4n) is 2.40. The minimum atomic E-state index is -4.72. The summed E-state index contributed by atoms with van der Waals surface area (Å²) < 4.78 is 47.2. The molecule has 128 valence electrons. The molecule has 0 bridgehead atoms. The van der Waals surface area contributed by atoms with Gasteiger partial charge in [-0.1, -0.05) is 11.2 Å². The Morgan fingerprint density at radius 1 is 1.25 bits per heavy atom. The summed E-state index contributed by atoms with van der Waals surface area (Å²) in [6, 6.07) is 4.39. The highest BCUT2D eigenvalue weighted by Crippen LogP contribution is 2.31. The van der Waals surface area contributed by atoms with E-state index in [-0.39, 0.29) is 11.4 Å². The van der Waals surface area contributed by atoms with Crippen LogP contribution < -0.4 is 10.6 Å². The van der Waals surface area contributed by atoms with Gasteiger partial charge in [0.1, 0.15) is 0 Å². The molecule has 2 aromatic rings. The van der Waals surface area contributed by atoms with Crippen molar-refractivity contribution < 1.29 is 27.2 Å². The van der Waals surface area contributed by atoms with Crippen molar-refractivity contribution in [1.29, 1.82) is 0 Å².